The molecule has 2 aromatic rings. The van der Waals surface area contributed by atoms with Crippen molar-refractivity contribution in [1.82, 2.24) is 0 Å². The maximum Gasteiger partial charge on any atom is 0.160 e. The van der Waals surface area contributed by atoms with Crippen LogP contribution in [0.1, 0.15) is 17.3 Å². The van der Waals surface area contributed by atoms with Crippen LogP contribution in [-0.2, 0) is 0 Å². The highest BCUT2D eigenvalue weighted by molar-refractivity contribution is 7.99. The van der Waals surface area contributed by atoms with Crippen LogP contribution in [0.25, 0.3) is 0 Å². The molecule has 0 N–H and O–H groups in total. The van der Waals surface area contributed by atoms with E-state index in [0.29, 0.717) is 15.6 Å². The van der Waals surface area contributed by atoms with E-state index in [1.165, 1.54) is 18.7 Å². The minimum Gasteiger partial charge on any atom is -0.294 e. The second-order valence-electron chi connectivity index (χ2n) is 3.73. The average Bonchev–Trinajstić information content (AvgIpc) is 2.34. The Kier molecular flexibility index (Phi) is 4.33. The van der Waals surface area contributed by atoms with Crippen molar-refractivity contribution in [3.63, 3.8) is 0 Å². The Labute approximate surface area is 120 Å². The van der Waals surface area contributed by atoms with Gasteiger partial charge < -0.3 is 0 Å². The van der Waals surface area contributed by atoms with Crippen LogP contribution in [0.3, 0.4) is 0 Å². The maximum absolute atomic E-state index is 11.6. The first-order valence-electron chi connectivity index (χ1n) is 5.31. The molecule has 0 fully saturated rings. The first-order valence-corrected chi connectivity index (χ1v) is 6.88. The minimum atomic E-state index is 0.00830. The summed E-state index contributed by atoms with van der Waals surface area (Å²) in [6.45, 7) is 1.54. The molecule has 0 heterocycles. The smallest absolute Gasteiger partial charge is 0.160 e. The lowest BCUT2D eigenvalue weighted by atomic mass is 10.1. The fourth-order valence-corrected chi connectivity index (χ4v) is 2.92. The average molecular weight is 297 g/mol. The minimum absolute atomic E-state index is 0.00830. The Balaban J connectivity index is 2.39. The lowest BCUT2D eigenvalue weighted by Gasteiger charge is -2.08. The van der Waals surface area contributed by atoms with Crippen molar-refractivity contribution in [2.45, 2.75) is 16.7 Å². The number of halogens is 2. The Morgan fingerprint density at radius 3 is 2.33 bits per heavy atom. The predicted octanol–water partition coefficient (Wildman–Crippen LogP) is 5.35. The van der Waals surface area contributed by atoms with Crippen LogP contribution in [0.15, 0.2) is 52.3 Å². The van der Waals surface area contributed by atoms with Gasteiger partial charge in [-0.05, 0) is 37.3 Å². The monoisotopic (exact) mass is 296 g/mol. The molecule has 0 amide bonds. The van der Waals surface area contributed by atoms with E-state index in [2.05, 4.69) is 0 Å². The lowest BCUT2D eigenvalue weighted by molar-refractivity contribution is 0.101. The molecular formula is C14H10Cl2OS. The highest BCUT2D eigenvalue weighted by atomic mass is 35.5. The quantitative estimate of drug-likeness (QED) is 0.711. The Hall–Kier alpha value is -0.960. The Morgan fingerprint density at radius 2 is 1.72 bits per heavy atom. The van der Waals surface area contributed by atoms with E-state index in [-0.39, 0.29) is 5.78 Å². The summed E-state index contributed by atoms with van der Waals surface area (Å²) in [7, 11) is 0. The van der Waals surface area contributed by atoms with Crippen molar-refractivity contribution < 1.29 is 4.79 Å². The summed E-state index contributed by atoms with van der Waals surface area (Å²) in [5, 5.41) is 1.27. The third kappa shape index (κ3) is 3.08. The van der Waals surface area contributed by atoms with Crippen molar-refractivity contribution in [2.24, 2.45) is 0 Å². The number of ketones is 1. The summed E-state index contributed by atoms with van der Waals surface area (Å²) < 4.78 is 0. The van der Waals surface area contributed by atoms with Crippen molar-refractivity contribution in [3.05, 3.63) is 58.1 Å². The molecule has 2 rings (SSSR count). The molecule has 0 radical (unpaired) electrons. The second-order valence-corrected chi connectivity index (χ2v) is 5.66. The standard InChI is InChI=1S/C14H10Cl2OS/c1-9(17)12-3-2-4-13(16)14(12)18-11-7-5-10(15)6-8-11/h2-8H,1H3. The summed E-state index contributed by atoms with van der Waals surface area (Å²) in [6, 6.07) is 12.8. The zero-order valence-electron chi connectivity index (χ0n) is 9.61. The van der Waals surface area contributed by atoms with E-state index in [4.69, 9.17) is 23.2 Å². The second kappa shape index (κ2) is 5.79. The molecule has 18 heavy (non-hydrogen) atoms. The van der Waals surface area contributed by atoms with Gasteiger partial charge in [-0.25, -0.2) is 0 Å². The van der Waals surface area contributed by atoms with Crippen LogP contribution >= 0.6 is 35.0 Å². The Bertz CT molecular complexity index is 579. The fourth-order valence-electron chi connectivity index (χ4n) is 1.51. The van der Waals surface area contributed by atoms with E-state index in [0.717, 1.165) is 9.79 Å². The van der Waals surface area contributed by atoms with Crippen LogP contribution < -0.4 is 0 Å². The molecule has 0 aliphatic rings. The summed E-state index contributed by atoms with van der Waals surface area (Å²) >= 11 is 13.5. The lowest BCUT2D eigenvalue weighted by Crippen LogP contribution is -1.95. The first kappa shape index (κ1) is 13.5. The largest absolute Gasteiger partial charge is 0.294 e. The number of hydrogen-bond acceptors (Lipinski definition) is 2. The van der Waals surface area contributed by atoms with E-state index < -0.39 is 0 Å². The molecule has 0 aliphatic heterocycles. The van der Waals surface area contributed by atoms with Gasteiger partial charge in [0.05, 0.1) is 5.02 Å². The van der Waals surface area contributed by atoms with Crippen molar-refractivity contribution in [2.75, 3.05) is 0 Å². The number of carbonyl (C=O) groups excluding carboxylic acids is 1. The number of Topliss-reactive ketones (excluding diaryl/α,β-unsaturated/α-hetero) is 1. The van der Waals surface area contributed by atoms with Crippen LogP contribution in [0.2, 0.25) is 10.0 Å². The molecule has 2 aromatic carbocycles. The van der Waals surface area contributed by atoms with E-state index in [1.54, 1.807) is 18.2 Å². The van der Waals surface area contributed by atoms with Gasteiger partial charge in [0.1, 0.15) is 0 Å². The zero-order chi connectivity index (χ0) is 13.1. The summed E-state index contributed by atoms with van der Waals surface area (Å²) in [5.74, 6) is 0.00830. The van der Waals surface area contributed by atoms with E-state index >= 15 is 0 Å². The normalized spacial score (nSPS) is 10.4. The highest BCUT2D eigenvalue weighted by Crippen LogP contribution is 2.36. The van der Waals surface area contributed by atoms with Crippen LogP contribution in [0.5, 0.6) is 0 Å². The van der Waals surface area contributed by atoms with Crippen molar-refractivity contribution in [3.8, 4) is 0 Å². The molecule has 1 nitrogen and oxygen atoms in total. The molecular weight excluding hydrogens is 287 g/mol. The third-order valence-corrected chi connectivity index (χ3v) is 4.21. The van der Waals surface area contributed by atoms with Gasteiger partial charge in [-0.2, -0.15) is 0 Å². The molecule has 0 aromatic heterocycles. The molecule has 0 saturated carbocycles. The summed E-state index contributed by atoms with van der Waals surface area (Å²) in [4.78, 5) is 13.4. The van der Waals surface area contributed by atoms with Crippen LogP contribution in [0.4, 0.5) is 0 Å². The van der Waals surface area contributed by atoms with E-state index in [1.807, 2.05) is 24.3 Å². The predicted molar refractivity (Wildman–Crippen MR) is 77.0 cm³/mol. The van der Waals surface area contributed by atoms with Crippen LogP contribution in [-0.4, -0.2) is 5.78 Å². The number of rotatable bonds is 3. The molecule has 0 aliphatic carbocycles. The van der Waals surface area contributed by atoms with Crippen molar-refractivity contribution >= 4 is 40.7 Å². The highest BCUT2D eigenvalue weighted by Gasteiger charge is 2.12. The molecule has 4 heteroatoms. The Morgan fingerprint density at radius 1 is 1.06 bits per heavy atom. The number of benzene rings is 2. The first-order chi connectivity index (χ1) is 8.58. The third-order valence-electron chi connectivity index (χ3n) is 2.38. The van der Waals surface area contributed by atoms with Gasteiger partial charge in [-0.15, -0.1) is 0 Å². The van der Waals surface area contributed by atoms with Crippen molar-refractivity contribution in [1.29, 1.82) is 0 Å². The van der Waals surface area contributed by atoms with Gasteiger partial charge in [0.25, 0.3) is 0 Å². The van der Waals surface area contributed by atoms with Gasteiger partial charge in [0.15, 0.2) is 5.78 Å². The molecule has 92 valence electrons. The van der Waals surface area contributed by atoms with Crippen LogP contribution in [0, 0.1) is 0 Å². The SMILES string of the molecule is CC(=O)c1cccc(Cl)c1Sc1ccc(Cl)cc1. The molecule has 0 spiro atoms. The molecule has 0 unspecified atom stereocenters. The fraction of sp³-hybridized carbons (Fsp3) is 0.0714. The molecule has 0 bridgehead atoms. The van der Waals surface area contributed by atoms with Gasteiger partial charge >= 0.3 is 0 Å². The molecule has 0 atom stereocenters. The maximum atomic E-state index is 11.6. The van der Waals surface area contributed by atoms with E-state index in [9.17, 15) is 4.79 Å². The zero-order valence-corrected chi connectivity index (χ0v) is 11.9. The summed E-state index contributed by atoms with van der Waals surface area (Å²) in [6.07, 6.45) is 0. The number of hydrogen-bond donors (Lipinski definition) is 0. The van der Waals surface area contributed by atoms with Gasteiger partial charge in [0, 0.05) is 20.4 Å². The molecule has 0 saturated heterocycles. The summed E-state index contributed by atoms with van der Waals surface area (Å²) in [5.41, 5.74) is 0.641. The topological polar surface area (TPSA) is 17.1 Å². The van der Waals surface area contributed by atoms with Gasteiger partial charge in [-0.3, -0.25) is 4.79 Å². The van der Waals surface area contributed by atoms with Gasteiger partial charge in [0.2, 0.25) is 0 Å². The number of carbonyl (C=O) groups is 1. The van der Waals surface area contributed by atoms with Gasteiger partial charge in [-0.1, -0.05) is 47.1 Å².